The first kappa shape index (κ1) is 14.3. The summed E-state index contributed by atoms with van der Waals surface area (Å²) in [5, 5.41) is 9.05. The monoisotopic (exact) mass is 294 g/mol. The van der Waals surface area contributed by atoms with Crippen molar-refractivity contribution < 1.29 is 19.0 Å². The summed E-state index contributed by atoms with van der Waals surface area (Å²) in [6.45, 7) is 0.262. The van der Waals surface area contributed by atoms with E-state index in [4.69, 9.17) is 21.4 Å². The molecule has 2 aromatic rings. The van der Waals surface area contributed by atoms with Crippen LogP contribution in [0.25, 0.3) is 0 Å². The van der Waals surface area contributed by atoms with Gasteiger partial charge in [0.1, 0.15) is 18.2 Å². The summed E-state index contributed by atoms with van der Waals surface area (Å²) in [5.74, 6) is -0.754. The summed E-state index contributed by atoms with van der Waals surface area (Å²) >= 11 is 6.03. The number of carboxylic acids is 1. The third kappa shape index (κ3) is 3.96. The standard InChI is InChI=1S/C15H12ClFO3/c16-13-7-11(8-15(18)19)3-6-14(13)20-9-10-1-4-12(17)5-2-10/h1-7H,8-9H2,(H,18,19). The Morgan fingerprint density at radius 3 is 2.40 bits per heavy atom. The first-order valence-electron chi connectivity index (χ1n) is 5.92. The lowest BCUT2D eigenvalue weighted by Crippen LogP contribution is -2.01. The van der Waals surface area contributed by atoms with Gasteiger partial charge >= 0.3 is 5.97 Å². The summed E-state index contributed by atoms with van der Waals surface area (Å²) in [6.07, 6.45) is -0.0854. The van der Waals surface area contributed by atoms with Crippen molar-refractivity contribution in [2.75, 3.05) is 0 Å². The van der Waals surface area contributed by atoms with Gasteiger partial charge in [-0.25, -0.2) is 4.39 Å². The first-order valence-corrected chi connectivity index (χ1v) is 6.30. The molecule has 0 saturated heterocycles. The smallest absolute Gasteiger partial charge is 0.307 e. The molecule has 0 aliphatic heterocycles. The Hall–Kier alpha value is -2.07. The van der Waals surface area contributed by atoms with Crippen LogP contribution in [0.5, 0.6) is 5.75 Å². The second-order valence-electron chi connectivity index (χ2n) is 4.25. The molecular formula is C15H12ClFO3. The van der Waals surface area contributed by atoms with Gasteiger partial charge in [-0.15, -0.1) is 0 Å². The Labute approximate surface area is 120 Å². The van der Waals surface area contributed by atoms with E-state index in [2.05, 4.69) is 0 Å². The average molecular weight is 295 g/mol. The third-order valence-electron chi connectivity index (χ3n) is 2.66. The fourth-order valence-electron chi connectivity index (χ4n) is 1.69. The zero-order valence-corrected chi connectivity index (χ0v) is 11.2. The van der Waals surface area contributed by atoms with Gasteiger partial charge in [0, 0.05) is 0 Å². The van der Waals surface area contributed by atoms with E-state index >= 15 is 0 Å². The summed E-state index contributed by atoms with van der Waals surface area (Å²) in [6, 6.07) is 10.8. The van der Waals surface area contributed by atoms with E-state index in [0.717, 1.165) is 5.56 Å². The molecule has 0 heterocycles. The molecule has 0 amide bonds. The molecule has 1 N–H and O–H groups in total. The lowest BCUT2D eigenvalue weighted by atomic mass is 10.1. The van der Waals surface area contributed by atoms with Crippen LogP contribution in [0.1, 0.15) is 11.1 Å². The topological polar surface area (TPSA) is 46.5 Å². The van der Waals surface area contributed by atoms with Gasteiger partial charge in [0.05, 0.1) is 11.4 Å². The van der Waals surface area contributed by atoms with Crippen LogP contribution in [0.4, 0.5) is 4.39 Å². The third-order valence-corrected chi connectivity index (χ3v) is 2.95. The lowest BCUT2D eigenvalue weighted by Gasteiger charge is -2.09. The van der Waals surface area contributed by atoms with Gasteiger partial charge in [-0.3, -0.25) is 4.79 Å². The van der Waals surface area contributed by atoms with E-state index in [9.17, 15) is 9.18 Å². The quantitative estimate of drug-likeness (QED) is 0.915. The number of benzene rings is 2. The molecule has 0 fully saturated rings. The molecular weight excluding hydrogens is 283 g/mol. The molecule has 0 unspecified atom stereocenters. The second kappa shape index (κ2) is 6.39. The predicted octanol–water partition coefficient (Wildman–Crippen LogP) is 3.69. The Kier molecular flexibility index (Phi) is 4.58. The largest absolute Gasteiger partial charge is 0.487 e. The van der Waals surface area contributed by atoms with Crippen molar-refractivity contribution in [3.8, 4) is 5.75 Å². The number of ether oxygens (including phenoxy) is 1. The Morgan fingerprint density at radius 1 is 1.15 bits per heavy atom. The molecule has 0 saturated carbocycles. The molecule has 0 bridgehead atoms. The van der Waals surface area contributed by atoms with Gasteiger partial charge in [-0.05, 0) is 35.4 Å². The number of rotatable bonds is 5. The fourth-order valence-corrected chi connectivity index (χ4v) is 1.95. The zero-order valence-electron chi connectivity index (χ0n) is 10.5. The van der Waals surface area contributed by atoms with Crippen molar-refractivity contribution in [2.24, 2.45) is 0 Å². The molecule has 0 aliphatic rings. The van der Waals surface area contributed by atoms with Crippen molar-refractivity contribution in [1.82, 2.24) is 0 Å². The molecule has 3 nitrogen and oxygen atoms in total. The summed E-state index contributed by atoms with van der Waals surface area (Å²) in [7, 11) is 0. The predicted molar refractivity (Wildman–Crippen MR) is 73.5 cm³/mol. The van der Waals surface area contributed by atoms with Crippen molar-refractivity contribution in [1.29, 1.82) is 0 Å². The van der Waals surface area contributed by atoms with Crippen LogP contribution in [0.2, 0.25) is 5.02 Å². The van der Waals surface area contributed by atoms with Gasteiger partial charge in [0.2, 0.25) is 0 Å². The highest BCUT2D eigenvalue weighted by molar-refractivity contribution is 6.32. The number of halogens is 2. The van der Waals surface area contributed by atoms with Gasteiger partial charge in [-0.2, -0.15) is 0 Å². The van der Waals surface area contributed by atoms with Crippen LogP contribution < -0.4 is 4.74 Å². The highest BCUT2D eigenvalue weighted by atomic mass is 35.5. The molecule has 0 spiro atoms. The normalized spacial score (nSPS) is 10.3. The van der Waals surface area contributed by atoms with E-state index < -0.39 is 5.97 Å². The highest BCUT2D eigenvalue weighted by Crippen LogP contribution is 2.26. The Balaban J connectivity index is 2.02. The molecule has 0 atom stereocenters. The van der Waals surface area contributed by atoms with Crippen LogP contribution in [-0.4, -0.2) is 11.1 Å². The van der Waals surface area contributed by atoms with Crippen LogP contribution in [0, 0.1) is 5.82 Å². The molecule has 0 aliphatic carbocycles. The summed E-state index contributed by atoms with van der Waals surface area (Å²) < 4.78 is 18.3. The van der Waals surface area contributed by atoms with E-state index in [-0.39, 0.29) is 18.8 Å². The number of carbonyl (C=O) groups is 1. The maximum absolute atomic E-state index is 12.8. The van der Waals surface area contributed by atoms with E-state index in [0.29, 0.717) is 16.3 Å². The highest BCUT2D eigenvalue weighted by Gasteiger charge is 2.06. The zero-order chi connectivity index (χ0) is 14.5. The molecule has 5 heteroatoms. The summed E-state index contributed by atoms with van der Waals surface area (Å²) in [5.41, 5.74) is 1.42. The average Bonchev–Trinajstić information content (AvgIpc) is 2.39. The molecule has 0 radical (unpaired) electrons. The van der Waals surface area contributed by atoms with Gasteiger partial charge in [-0.1, -0.05) is 29.8 Å². The molecule has 2 aromatic carbocycles. The number of carboxylic acid groups (broad SMARTS) is 1. The molecule has 0 aromatic heterocycles. The van der Waals surface area contributed by atoms with Crippen molar-refractivity contribution in [3.05, 3.63) is 64.4 Å². The van der Waals surface area contributed by atoms with Crippen molar-refractivity contribution in [2.45, 2.75) is 13.0 Å². The van der Waals surface area contributed by atoms with Crippen LogP contribution in [0.15, 0.2) is 42.5 Å². The minimum atomic E-state index is -0.916. The molecule has 104 valence electrons. The lowest BCUT2D eigenvalue weighted by molar-refractivity contribution is -0.136. The molecule has 2 rings (SSSR count). The van der Waals surface area contributed by atoms with E-state index in [1.54, 1.807) is 30.3 Å². The molecule has 20 heavy (non-hydrogen) atoms. The number of hydrogen-bond acceptors (Lipinski definition) is 2. The minimum absolute atomic E-state index is 0.0854. The van der Waals surface area contributed by atoms with Crippen LogP contribution in [-0.2, 0) is 17.8 Å². The van der Waals surface area contributed by atoms with Crippen LogP contribution in [0.3, 0.4) is 0 Å². The number of hydrogen-bond donors (Lipinski definition) is 1. The van der Waals surface area contributed by atoms with E-state index in [1.165, 1.54) is 12.1 Å². The van der Waals surface area contributed by atoms with Crippen molar-refractivity contribution in [3.63, 3.8) is 0 Å². The first-order chi connectivity index (χ1) is 9.54. The van der Waals surface area contributed by atoms with Gasteiger partial charge in [0.15, 0.2) is 0 Å². The van der Waals surface area contributed by atoms with Gasteiger partial charge < -0.3 is 9.84 Å². The minimum Gasteiger partial charge on any atom is -0.487 e. The second-order valence-corrected chi connectivity index (χ2v) is 4.66. The fraction of sp³-hybridized carbons (Fsp3) is 0.133. The van der Waals surface area contributed by atoms with Gasteiger partial charge in [0.25, 0.3) is 0 Å². The number of aliphatic carboxylic acids is 1. The SMILES string of the molecule is O=C(O)Cc1ccc(OCc2ccc(F)cc2)c(Cl)c1. The Morgan fingerprint density at radius 2 is 1.80 bits per heavy atom. The van der Waals surface area contributed by atoms with Crippen molar-refractivity contribution >= 4 is 17.6 Å². The van der Waals surface area contributed by atoms with E-state index in [1.807, 2.05) is 0 Å². The maximum atomic E-state index is 12.8. The summed E-state index contributed by atoms with van der Waals surface area (Å²) in [4.78, 5) is 10.6. The maximum Gasteiger partial charge on any atom is 0.307 e. The van der Waals surface area contributed by atoms with Crippen LogP contribution >= 0.6 is 11.6 Å². The Bertz CT molecular complexity index is 611.